The van der Waals surface area contributed by atoms with Crippen LogP contribution < -0.4 is 20.2 Å². The monoisotopic (exact) mass is 465 g/mol. The van der Waals surface area contributed by atoms with Crippen LogP contribution in [0.25, 0.3) is 0 Å². The van der Waals surface area contributed by atoms with E-state index in [-0.39, 0.29) is 30.3 Å². The molecule has 168 valence electrons. The summed E-state index contributed by atoms with van der Waals surface area (Å²) in [6, 6.07) is 10.3. The molecule has 1 saturated carbocycles. The van der Waals surface area contributed by atoms with Crippen molar-refractivity contribution in [1.82, 2.24) is 8.94 Å². The highest BCUT2D eigenvalue weighted by atomic mass is 32.1. The summed E-state index contributed by atoms with van der Waals surface area (Å²) < 4.78 is 12.9. The lowest BCUT2D eigenvalue weighted by molar-refractivity contribution is -0.384. The van der Waals surface area contributed by atoms with Gasteiger partial charge in [-0.25, -0.2) is 13.8 Å². The molecule has 3 aliphatic rings. The van der Waals surface area contributed by atoms with Crippen LogP contribution in [0.3, 0.4) is 0 Å². The van der Waals surface area contributed by atoms with Crippen molar-refractivity contribution in [2.75, 3.05) is 11.8 Å². The number of non-ortho nitro benzene ring substituents is 1. The number of nitro groups is 1. The van der Waals surface area contributed by atoms with Crippen LogP contribution in [0.4, 0.5) is 10.8 Å². The summed E-state index contributed by atoms with van der Waals surface area (Å²) in [4.78, 5) is 27.5. The molecule has 0 spiro atoms. The fourth-order valence-electron chi connectivity index (χ4n) is 4.14. The third-order valence-corrected chi connectivity index (χ3v) is 7.07. The van der Waals surface area contributed by atoms with Crippen molar-refractivity contribution in [2.24, 2.45) is 5.10 Å². The van der Waals surface area contributed by atoms with Crippen LogP contribution in [-0.4, -0.2) is 32.4 Å². The lowest BCUT2D eigenvalue weighted by Gasteiger charge is -2.22. The molecule has 11 heteroatoms. The zero-order valence-corrected chi connectivity index (χ0v) is 18.4. The third kappa shape index (κ3) is 3.44. The number of nitrogens with zero attached hydrogens (tertiary/aromatic N) is 5. The normalized spacial score (nSPS) is 19.1. The molecule has 1 aromatic heterocycles. The second kappa shape index (κ2) is 7.41. The predicted octanol–water partition coefficient (Wildman–Crippen LogP) is 3.48. The molecule has 0 radical (unpaired) electrons. The van der Waals surface area contributed by atoms with E-state index in [9.17, 15) is 14.9 Å². The number of nitro benzene ring substituents is 1. The molecule has 10 nitrogen and oxygen atoms in total. The van der Waals surface area contributed by atoms with E-state index < -0.39 is 4.92 Å². The Morgan fingerprint density at radius 3 is 2.58 bits per heavy atom. The minimum Gasteiger partial charge on any atom is -0.454 e. The maximum absolute atomic E-state index is 12.5. The number of fused-ring (bicyclic) bond motifs is 2. The Bertz CT molecular complexity index is 1360. The highest BCUT2D eigenvalue weighted by Crippen LogP contribution is 2.40. The largest absolute Gasteiger partial charge is 0.454 e. The molecule has 0 N–H and O–H groups in total. The van der Waals surface area contributed by atoms with E-state index in [1.54, 1.807) is 21.1 Å². The molecule has 6 rings (SSSR count). The van der Waals surface area contributed by atoms with E-state index >= 15 is 0 Å². The molecule has 1 aliphatic carbocycles. The highest BCUT2D eigenvalue weighted by Gasteiger charge is 2.32. The van der Waals surface area contributed by atoms with Crippen molar-refractivity contribution >= 4 is 28.1 Å². The van der Waals surface area contributed by atoms with Gasteiger partial charge in [-0.2, -0.15) is 10.1 Å². The van der Waals surface area contributed by atoms with Crippen molar-refractivity contribution < 1.29 is 14.4 Å². The maximum atomic E-state index is 12.5. The number of rotatable bonds is 4. The molecule has 1 fully saturated rings. The van der Waals surface area contributed by atoms with Crippen molar-refractivity contribution in [3.63, 3.8) is 0 Å². The van der Waals surface area contributed by atoms with Crippen LogP contribution in [0, 0.1) is 10.1 Å². The van der Waals surface area contributed by atoms with Crippen molar-refractivity contribution in [2.45, 2.75) is 38.3 Å². The van der Waals surface area contributed by atoms with Gasteiger partial charge in [-0.3, -0.25) is 10.1 Å². The summed E-state index contributed by atoms with van der Waals surface area (Å²) in [6.07, 6.45) is 2.62. The number of benzene rings is 2. The number of hydrazone groups is 1. The zero-order valence-electron chi connectivity index (χ0n) is 17.6. The van der Waals surface area contributed by atoms with Gasteiger partial charge < -0.3 is 9.47 Å². The standard InChI is InChI=1S/C22H19N5O5S/c1-12-8-14-9-18-19(32-11-31-18)10-17(14)20(13-2-4-16(5-3-13)27(29)30)24-25(12)22-23-21(28)26(33-22)15-6-7-15/h2-5,9-10,12,15H,6-8,11H2,1H3. The summed E-state index contributed by atoms with van der Waals surface area (Å²) in [5, 5.41) is 18.4. The molecule has 33 heavy (non-hydrogen) atoms. The van der Waals surface area contributed by atoms with E-state index in [1.807, 2.05) is 19.1 Å². The Kier molecular flexibility index (Phi) is 4.47. The van der Waals surface area contributed by atoms with Crippen LogP contribution in [0.1, 0.15) is 42.5 Å². The number of aromatic nitrogens is 2. The van der Waals surface area contributed by atoms with Crippen molar-refractivity contribution in [1.29, 1.82) is 0 Å². The smallest absolute Gasteiger partial charge is 0.360 e. The van der Waals surface area contributed by atoms with Gasteiger partial charge >= 0.3 is 5.69 Å². The van der Waals surface area contributed by atoms with Crippen LogP contribution >= 0.6 is 11.5 Å². The molecule has 1 unspecified atom stereocenters. The molecule has 2 aliphatic heterocycles. The molecule has 3 aromatic rings. The fraction of sp³-hybridized carbons (Fsp3) is 0.318. The Hall–Kier alpha value is -3.73. The number of anilines is 1. The zero-order chi connectivity index (χ0) is 22.7. The van der Waals surface area contributed by atoms with Gasteiger partial charge in [0.25, 0.3) is 5.69 Å². The Balaban J connectivity index is 1.51. The summed E-state index contributed by atoms with van der Waals surface area (Å²) in [5.74, 6) is 1.31. The fourth-order valence-corrected chi connectivity index (χ4v) is 5.21. The van der Waals surface area contributed by atoms with Crippen molar-refractivity contribution in [3.05, 3.63) is 73.7 Å². The predicted molar refractivity (Wildman–Crippen MR) is 122 cm³/mol. The summed E-state index contributed by atoms with van der Waals surface area (Å²) >= 11 is 1.33. The number of ether oxygens (including phenoxy) is 2. The van der Waals surface area contributed by atoms with Gasteiger partial charge in [0.15, 0.2) is 11.5 Å². The summed E-state index contributed by atoms with van der Waals surface area (Å²) in [5.41, 5.74) is 2.97. The van der Waals surface area contributed by atoms with Crippen LogP contribution in [0.2, 0.25) is 0 Å². The first-order valence-electron chi connectivity index (χ1n) is 10.6. The molecule has 2 aromatic carbocycles. The van der Waals surface area contributed by atoms with Gasteiger partial charge in [0.2, 0.25) is 11.9 Å². The van der Waals surface area contributed by atoms with Crippen LogP contribution in [-0.2, 0) is 6.42 Å². The molecular formula is C22H19N5O5S. The van der Waals surface area contributed by atoms with E-state index in [0.29, 0.717) is 34.3 Å². The molecule has 0 amide bonds. The minimum atomic E-state index is -0.430. The lowest BCUT2D eigenvalue weighted by Crippen LogP contribution is -2.29. The molecule has 0 saturated heterocycles. The maximum Gasteiger partial charge on any atom is 0.360 e. The van der Waals surface area contributed by atoms with Gasteiger partial charge in [-0.1, -0.05) is 0 Å². The first kappa shape index (κ1) is 19.9. The Morgan fingerprint density at radius 1 is 1.15 bits per heavy atom. The van der Waals surface area contributed by atoms with Crippen LogP contribution in [0.15, 0.2) is 46.3 Å². The van der Waals surface area contributed by atoms with E-state index in [0.717, 1.165) is 24.0 Å². The Morgan fingerprint density at radius 2 is 1.88 bits per heavy atom. The van der Waals surface area contributed by atoms with E-state index in [2.05, 4.69) is 4.98 Å². The highest BCUT2D eigenvalue weighted by molar-refractivity contribution is 7.10. The minimum absolute atomic E-state index is 0.00509. The molecule has 0 bridgehead atoms. The van der Waals surface area contributed by atoms with Gasteiger partial charge in [0.05, 0.1) is 16.7 Å². The van der Waals surface area contributed by atoms with Gasteiger partial charge in [0, 0.05) is 29.3 Å². The second-order valence-electron chi connectivity index (χ2n) is 8.34. The average molecular weight is 465 g/mol. The molecular weight excluding hydrogens is 446 g/mol. The number of hydrogen-bond donors (Lipinski definition) is 0. The molecule has 3 heterocycles. The van der Waals surface area contributed by atoms with Crippen molar-refractivity contribution in [3.8, 4) is 11.5 Å². The first-order chi connectivity index (χ1) is 16.0. The van der Waals surface area contributed by atoms with Gasteiger partial charge in [-0.05, 0) is 67.5 Å². The average Bonchev–Trinajstić information content (AvgIpc) is 3.45. The second-order valence-corrected chi connectivity index (χ2v) is 9.28. The van der Waals surface area contributed by atoms with E-state index in [1.165, 1.54) is 23.7 Å². The SMILES string of the molecule is CC1Cc2cc3c(cc2C(c2ccc([N+](=O)[O-])cc2)=NN1c1nc(=O)n(C2CC2)s1)OCO3. The topological polar surface area (TPSA) is 112 Å². The van der Waals surface area contributed by atoms with E-state index in [4.69, 9.17) is 14.6 Å². The third-order valence-electron chi connectivity index (χ3n) is 5.98. The summed E-state index contributed by atoms with van der Waals surface area (Å²) in [6.45, 7) is 2.19. The Labute approximate surface area is 192 Å². The van der Waals surface area contributed by atoms with Gasteiger partial charge in [-0.15, -0.1) is 0 Å². The van der Waals surface area contributed by atoms with Crippen LogP contribution in [0.5, 0.6) is 11.5 Å². The first-order valence-corrected chi connectivity index (χ1v) is 11.4. The molecule has 1 atom stereocenters. The summed E-state index contributed by atoms with van der Waals surface area (Å²) in [7, 11) is 0. The number of hydrogen-bond acceptors (Lipinski definition) is 9. The lowest BCUT2D eigenvalue weighted by atomic mass is 9.94. The van der Waals surface area contributed by atoms with Gasteiger partial charge in [0.1, 0.15) is 0 Å². The quantitative estimate of drug-likeness (QED) is 0.428.